The van der Waals surface area contributed by atoms with Crippen molar-refractivity contribution in [3.63, 3.8) is 0 Å². The summed E-state index contributed by atoms with van der Waals surface area (Å²) in [6.45, 7) is 11.3. The fourth-order valence-electron chi connectivity index (χ4n) is 3.38. The van der Waals surface area contributed by atoms with Gasteiger partial charge in [0.25, 0.3) is 5.91 Å². The van der Waals surface area contributed by atoms with Gasteiger partial charge in [0.15, 0.2) is 5.96 Å². The summed E-state index contributed by atoms with van der Waals surface area (Å²) in [7, 11) is 0. The Labute approximate surface area is 203 Å². The van der Waals surface area contributed by atoms with Gasteiger partial charge in [0, 0.05) is 31.2 Å². The van der Waals surface area contributed by atoms with Crippen LogP contribution in [0.15, 0.2) is 29.3 Å². The van der Waals surface area contributed by atoms with Crippen LogP contribution in [0.3, 0.4) is 0 Å². The van der Waals surface area contributed by atoms with Crippen LogP contribution in [0, 0.1) is 5.92 Å². The maximum Gasteiger partial charge on any atom is 0.254 e. The van der Waals surface area contributed by atoms with E-state index in [0.717, 1.165) is 30.4 Å². The van der Waals surface area contributed by atoms with Gasteiger partial charge in [-0.25, -0.2) is 4.99 Å². The number of benzene rings is 1. The molecule has 1 heterocycles. The zero-order valence-corrected chi connectivity index (χ0v) is 21.6. The first-order valence-electron chi connectivity index (χ1n) is 11.1. The zero-order valence-electron chi connectivity index (χ0n) is 19.2. The Balaban J connectivity index is 0.00000480. The van der Waals surface area contributed by atoms with Crippen LogP contribution in [0.2, 0.25) is 0 Å². The lowest BCUT2D eigenvalue weighted by molar-refractivity contribution is -0.123. The first kappa shape index (κ1) is 27.2. The Kier molecular flexibility index (Phi) is 12.5. The topological polar surface area (TPSA) is 85.8 Å². The van der Waals surface area contributed by atoms with Gasteiger partial charge >= 0.3 is 0 Å². The summed E-state index contributed by atoms with van der Waals surface area (Å²) < 4.78 is 0. The molecular weight excluding hydrogens is 505 g/mol. The predicted molar refractivity (Wildman–Crippen MR) is 137 cm³/mol. The first-order chi connectivity index (χ1) is 14.4. The van der Waals surface area contributed by atoms with Gasteiger partial charge < -0.3 is 20.9 Å². The molecule has 0 aliphatic carbocycles. The van der Waals surface area contributed by atoms with Crippen molar-refractivity contribution in [2.45, 2.75) is 59.5 Å². The Morgan fingerprint density at radius 2 is 1.90 bits per heavy atom. The second-order valence-electron chi connectivity index (χ2n) is 8.34. The molecule has 8 heteroatoms. The number of nitrogens with zero attached hydrogens (tertiary/aromatic N) is 2. The Morgan fingerprint density at radius 1 is 1.19 bits per heavy atom. The summed E-state index contributed by atoms with van der Waals surface area (Å²) in [5, 5.41) is 9.51. The Hall–Kier alpha value is -1.84. The van der Waals surface area contributed by atoms with Gasteiger partial charge in [0.1, 0.15) is 0 Å². The van der Waals surface area contributed by atoms with Crippen LogP contribution in [-0.4, -0.2) is 54.9 Å². The highest BCUT2D eigenvalue weighted by molar-refractivity contribution is 14.0. The number of guanidine groups is 1. The molecule has 1 saturated heterocycles. The molecule has 0 radical (unpaired) electrons. The summed E-state index contributed by atoms with van der Waals surface area (Å²) in [4.78, 5) is 30.3. The van der Waals surface area contributed by atoms with E-state index in [4.69, 9.17) is 0 Å². The van der Waals surface area contributed by atoms with E-state index < -0.39 is 0 Å². The SMILES string of the molecule is CCNC(=NCc1ccc(C(=O)N2CCNC(=O)C2)cc1)NC(C)CCCC(C)C.I. The molecule has 2 rings (SSSR count). The van der Waals surface area contributed by atoms with E-state index in [1.54, 1.807) is 4.90 Å². The molecule has 0 spiro atoms. The lowest BCUT2D eigenvalue weighted by Gasteiger charge is -2.26. The fraction of sp³-hybridized carbons (Fsp3) is 0.609. The van der Waals surface area contributed by atoms with Crippen molar-refractivity contribution in [1.29, 1.82) is 0 Å². The number of halogens is 1. The number of rotatable bonds is 9. The maximum absolute atomic E-state index is 12.6. The molecule has 174 valence electrons. The van der Waals surface area contributed by atoms with E-state index in [2.05, 4.69) is 48.6 Å². The van der Waals surface area contributed by atoms with Crippen LogP contribution in [0.1, 0.15) is 62.9 Å². The highest BCUT2D eigenvalue weighted by Crippen LogP contribution is 2.11. The number of amides is 2. The molecule has 1 unspecified atom stereocenters. The lowest BCUT2D eigenvalue weighted by Crippen LogP contribution is -2.49. The summed E-state index contributed by atoms with van der Waals surface area (Å²) in [6.07, 6.45) is 3.57. The van der Waals surface area contributed by atoms with Crippen molar-refractivity contribution in [3.8, 4) is 0 Å². The highest BCUT2D eigenvalue weighted by atomic mass is 127. The molecule has 31 heavy (non-hydrogen) atoms. The molecule has 1 aliphatic heterocycles. The van der Waals surface area contributed by atoms with Crippen LogP contribution >= 0.6 is 24.0 Å². The Bertz CT molecular complexity index is 721. The van der Waals surface area contributed by atoms with Crippen molar-refractivity contribution in [2.24, 2.45) is 10.9 Å². The molecule has 0 saturated carbocycles. The second kappa shape index (κ2) is 14.3. The predicted octanol–water partition coefficient (Wildman–Crippen LogP) is 3.15. The fourth-order valence-corrected chi connectivity index (χ4v) is 3.38. The van der Waals surface area contributed by atoms with Crippen LogP contribution in [0.4, 0.5) is 0 Å². The van der Waals surface area contributed by atoms with Gasteiger partial charge in [-0.1, -0.05) is 38.8 Å². The van der Waals surface area contributed by atoms with Crippen molar-refractivity contribution in [2.75, 3.05) is 26.2 Å². The van der Waals surface area contributed by atoms with Crippen LogP contribution in [0.25, 0.3) is 0 Å². The lowest BCUT2D eigenvalue weighted by atomic mass is 10.0. The normalized spacial score (nSPS) is 15.2. The third kappa shape index (κ3) is 9.88. The average molecular weight is 543 g/mol. The molecule has 1 aromatic rings. The molecular formula is C23H38IN5O2. The van der Waals surface area contributed by atoms with Crippen molar-refractivity contribution in [1.82, 2.24) is 20.9 Å². The van der Waals surface area contributed by atoms with Crippen LogP contribution < -0.4 is 16.0 Å². The van der Waals surface area contributed by atoms with Gasteiger partial charge in [-0.15, -0.1) is 24.0 Å². The van der Waals surface area contributed by atoms with E-state index in [1.165, 1.54) is 12.8 Å². The number of carbonyl (C=O) groups is 2. The van der Waals surface area contributed by atoms with Crippen molar-refractivity contribution >= 4 is 41.8 Å². The molecule has 1 aliphatic rings. The number of carbonyl (C=O) groups excluding carboxylic acids is 2. The molecule has 2 amide bonds. The zero-order chi connectivity index (χ0) is 21.9. The molecule has 3 N–H and O–H groups in total. The molecule has 0 aromatic heterocycles. The third-order valence-corrected chi connectivity index (χ3v) is 5.09. The third-order valence-electron chi connectivity index (χ3n) is 5.09. The smallest absolute Gasteiger partial charge is 0.254 e. The van der Waals surface area contributed by atoms with E-state index in [1.807, 2.05) is 24.3 Å². The molecule has 0 bridgehead atoms. The summed E-state index contributed by atoms with van der Waals surface area (Å²) in [5.41, 5.74) is 1.63. The van der Waals surface area contributed by atoms with E-state index in [-0.39, 0.29) is 42.3 Å². The number of piperazine rings is 1. The quantitative estimate of drug-likeness (QED) is 0.254. The standard InChI is InChI=1S/C23H37N5O2.HI/c1-5-24-23(27-18(4)8-6-7-17(2)3)26-15-19-9-11-20(12-10-19)22(30)28-14-13-25-21(29)16-28;/h9-12,17-18H,5-8,13-16H2,1-4H3,(H,25,29)(H2,24,26,27);1H. The molecule has 1 fully saturated rings. The van der Waals surface area contributed by atoms with Gasteiger partial charge in [0.05, 0.1) is 13.1 Å². The van der Waals surface area contributed by atoms with Crippen molar-refractivity contribution < 1.29 is 9.59 Å². The largest absolute Gasteiger partial charge is 0.357 e. The molecule has 1 aromatic carbocycles. The number of hydrogen-bond acceptors (Lipinski definition) is 3. The minimum atomic E-state index is -0.109. The van der Waals surface area contributed by atoms with Crippen LogP contribution in [0.5, 0.6) is 0 Å². The highest BCUT2D eigenvalue weighted by Gasteiger charge is 2.22. The van der Waals surface area contributed by atoms with Crippen LogP contribution in [-0.2, 0) is 11.3 Å². The maximum atomic E-state index is 12.6. The number of hydrogen-bond donors (Lipinski definition) is 3. The van der Waals surface area contributed by atoms with Gasteiger partial charge in [-0.05, 0) is 43.9 Å². The average Bonchev–Trinajstić information content (AvgIpc) is 2.72. The summed E-state index contributed by atoms with van der Waals surface area (Å²) >= 11 is 0. The van der Waals surface area contributed by atoms with Gasteiger partial charge in [-0.2, -0.15) is 0 Å². The molecule has 7 nitrogen and oxygen atoms in total. The van der Waals surface area contributed by atoms with Crippen molar-refractivity contribution in [3.05, 3.63) is 35.4 Å². The number of nitrogens with one attached hydrogen (secondary N) is 3. The van der Waals surface area contributed by atoms with E-state index in [9.17, 15) is 9.59 Å². The monoisotopic (exact) mass is 543 g/mol. The minimum absolute atomic E-state index is 0. The minimum Gasteiger partial charge on any atom is -0.357 e. The van der Waals surface area contributed by atoms with Gasteiger partial charge in [0.2, 0.25) is 5.91 Å². The van der Waals surface area contributed by atoms with Gasteiger partial charge in [-0.3, -0.25) is 9.59 Å². The Morgan fingerprint density at radius 3 is 2.52 bits per heavy atom. The summed E-state index contributed by atoms with van der Waals surface area (Å²) in [6, 6.07) is 7.85. The van der Waals surface area contributed by atoms with E-state index >= 15 is 0 Å². The number of aliphatic imine (C=N–C) groups is 1. The summed E-state index contributed by atoms with van der Waals surface area (Å²) in [5.74, 6) is 1.34. The molecule has 1 atom stereocenters. The van der Waals surface area contributed by atoms with E-state index in [0.29, 0.717) is 31.2 Å². The first-order valence-corrected chi connectivity index (χ1v) is 11.1. The second-order valence-corrected chi connectivity index (χ2v) is 8.34.